The summed E-state index contributed by atoms with van der Waals surface area (Å²) in [5.74, 6) is 1.91. The van der Waals surface area contributed by atoms with Gasteiger partial charge in [0.05, 0.1) is 0 Å². The third-order valence-electron chi connectivity index (χ3n) is 4.76. The van der Waals surface area contributed by atoms with Crippen LogP contribution in [0.1, 0.15) is 59.3 Å². The van der Waals surface area contributed by atoms with E-state index in [9.17, 15) is 0 Å². The van der Waals surface area contributed by atoms with Crippen molar-refractivity contribution < 1.29 is 0 Å². The Morgan fingerprint density at radius 1 is 1.20 bits per heavy atom. The van der Waals surface area contributed by atoms with Crippen LogP contribution in [0.5, 0.6) is 0 Å². The molecule has 0 spiro atoms. The van der Waals surface area contributed by atoms with Gasteiger partial charge in [-0.05, 0) is 50.0 Å². The van der Waals surface area contributed by atoms with Crippen LogP contribution in [0, 0.1) is 17.3 Å². The Balaban J connectivity index is 1.66. The topological polar surface area (TPSA) is 12.0 Å². The van der Waals surface area contributed by atoms with Crippen LogP contribution < -0.4 is 5.32 Å². The second-order valence-electron chi connectivity index (χ2n) is 6.48. The molecule has 0 amide bonds. The SMILES string of the molecule is CC(NCC1CC1(C)C)C1CCCCC1. The molecule has 2 atom stereocenters. The first-order valence-corrected chi connectivity index (χ1v) is 6.83. The Morgan fingerprint density at radius 3 is 2.33 bits per heavy atom. The van der Waals surface area contributed by atoms with E-state index >= 15 is 0 Å². The summed E-state index contributed by atoms with van der Waals surface area (Å²) in [6, 6.07) is 0.752. The number of rotatable bonds is 4. The van der Waals surface area contributed by atoms with Gasteiger partial charge in [0, 0.05) is 6.04 Å². The summed E-state index contributed by atoms with van der Waals surface area (Å²) in [5.41, 5.74) is 0.638. The molecule has 15 heavy (non-hydrogen) atoms. The van der Waals surface area contributed by atoms with Crippen molar-refractivity contribution in [2.45, 2.75) is 65.3 Å². The molecule has 0 aromatic heterocycles. The van der Waals surface area contributed by atoms with Gasteiger partial charge in [-0.1, -0.05) is 33.1 Å². The maximum absolute atomic E-state index is 3.77. The fourth-order valence-corrected chi connectivity index (χ4v) is 3.05. The smallest absolute Gasteiger partial charge is 0.00671 e. The molecular weight excluding hydrogens is 182 g/mol. The molecule has 0 saturated heterocycles. The molecule has 0 radical (unpaired) electrons. The molecule has 2 fully saturated rings. The predicted octanol–water partition coefficient (Wildman–Crippen LogP) is 3.59. The number of nitrogens with one attached hydrogen (secondary N) is 1. The van der Waals surface area contributed by atoms with E-state index in [1.165, 1.54) is 45.1 Å². The summed E-state index contributed by atoms with van der Waals surface area (Å²) < 4.78 is 0. The molecule has 0 aromatic carbocycles. The highest BCUT2D eigenvalue weighted by molar-refractivity contribution is 4.96. The molecule has 0 bridgehead atoms. The van der Waals surface area contributed by atoms with Gasteiger partial charge in [0.2, 0.25) is 0 Å². The van der Waals surface area contributed by atoms with Gasteiger partial charge in [-0.2, -0.15) is 0 Å². The van der Waals surface area contributed by atoms with Crippen molar-refractivity contribution in [2.24, 2.45) is 17.3 Å². The zero-order chi connectivity index (χ0) is 10.9. The fraction of sp³-hybridized carbons (Fsp3) is 1.00. The third kappa shape index (κ3) is 2.96. The van der Waals surface area contributed by atoms with Gasteiger partial charge >= 0.3 is 0 Å². The summed E-state index contributed by atoms with van der Waals surface area (Å²) in [7, 11) is 0. The lowest BCUT2D eigenvalue weighted by Gasteiger charge is -2.28. The largest absolute Gasteiger partial charge is 0.314 e. The minimum atomic E-state index is 0.638. The molecule has 1 heteroatoms. The monoisotopic (exact) mass is 209 g/mol. The van der Waals surface area contributed by atoms with Gasteiger partial charge in [-0.15, -0.1) is 0 Å². The summed E-state index contributed by atoms with van der Waals surface area (Å²) >= 11 is 0. The molecular formula is C14H27N. The Bertz CT molecular complexity index is 203. The van der Waals surface area contributed by atoms with E-state index in [0.29, 0.717) is 5.41 Å². The minimum absolute atomic E-state index is 0.638. The molecule has 0 aliphatic heterocycles. The van der Waals surface area contributed by atoms with E-state index in [-0.39, 0.29) is 0 Å². The fourth-order valence-electron chi connectivity index (χ4n) is 3.05. The van der Waals surface area contributed by atoms with Gasteiger partial charge in [-0.3, -0.25) is 0 Å². The first kappa shape index (κ1) is 11.4. The van der Waals surface area contributed by atoms with Gasteiger partial charge in [0.1, 0.15) is 0 Å². The Morgan fingerprint density at radius 2 is 1.80 bits per heavy atom. The predicted molar refractivity (Wildman–Crippen MR) is 65.9 cm³/mol. The molecule has 2 aliphatic rings. The van der Waals surface area contributed by atoms with E-state index in [2.05, 4.69) is 26.1 Å². The number of hydrogen-bond donors (Lipinski definition) is 1. The summed E-state index contributed by atoms with van der Waals surface area (Å²) in [5, 5.41) is 3.77. The van der Waals surface area contributed by atoms with Gasteiger partial charge < -0.3 is 5.32 Å². The van der Waals surface area contributed by atoms with Gasteiger partial charge in [0.25, 0.3) is 0 Å². The van der Waals surface area contributed by atoms with Crippen molar-refractivity contribution in [3.8, 4) is 0 Å². The lowest BCUT2D eigenvalue weighted by molar-refractivity contribution is 0.277. The Labute approximate surface area is 95.0 Å². The third-order valence-corrected chi connectivity index (χ3v) is 4.76. The van der Waals surface area contributed by atoms with Crippen LogP contribution in [0.4, 0.5) is 0 Å². The average Bonchev–Trinajstić information content (AvgIpc) is 2.84. The van der Waals surface area contributed by atoms with Crippen molar-refractivity contribution in [2.75, 3.05) is 6.54 Å². The van der Waals surface area contributed by atoms with E-state index in [1.807, 2.05) is 0 Å². The molecule has 0 aromatic rings. The molecule has 0 heterocycles. The van der Waals surface area contributed by atoms with Crippen molar-refractivity contribution in [3.63, 3.8) is 0 Å². The van der Waals surface area contributed by atoms with E-state index in [4.69, 9.17) is 0 Å². The van der Waals surface area contributed by atoms with Crippen LogP contribution >= 0.6 is 0 Å². The first-order chi connectivity index (χ1) is 7.09. The van der Waals surface area contributed by atoms with Crippen LogP contribution in [-0.2, 0) is 0 Å². The second kappa shape index (κ2) is 4.45. The van der Waals surface area contributed by atoms with E-state index < -0.39 is 0 Å². The normalized spacial score (nSPS) is 32.6. The van der Waals surface area contributed by atoms with Crippen molar-refractivity contribution >= 4 is 0 Å². The summed E-state index contributed by atoms with van der Waals surface area (Å²) in [4.78, 5) is 0. The molecule has 1 N–H and O–H groups in total. The maximum atomic E-state index is 3.77. The lowest BCUT2D eigenvalue weighted by atomic mass is 9.84. The minimum Gasteiger partial charge on any atom is -0.314 e. The highest BCUT2D eigenvalue weighted by Gasteiger charge is 2.45. The molecule has 88 valence electrons. The molecule has 2 rings (SSSR count). The molecule has 2 unspecified atom stereocenters. The average molecular weight is 209 g/mol. The number of hydrogen-bond acceptors (Lipinski definition) is 1. The summed E-state index contributed by atoms with van der Waals surface area (Å²) in [6.45, 7) is 8.44. The maximum Gasteiger partial charge on any atom is 0.00671 e. The zero-order valence-corrected chi connectivity index (χ0v) is 10.7. The van der Waals surface area contributed by atoms with Crippen LogP contribution in [0.3, 0.4) is 0 Å². The van der Waals surface area contributed by atoms with Crippen molar-refractivity contribution in [3.05, 3.63) is 0 Å². The zero-order valence-electron chi connectivity index (χ0n) is 10.7. The van der Waals surface area contributed by atoms with Crippen LogP contribution in [0.25, 0.3) is 0 Å². The first-order valence-electron chi connectivity index (χ1n) is 6.83. The highest BCUT2D eigenvalue weighted by Crippen LogP contribution is 2.51. The quantitative estimate of drug-likeness (QED) is 0.746. The van der Waals surface area contributed by atoms with Crippen LogP contribution in [-0.4, -0.2) is 12.6 Å². The van der Waals surface area contributed by atoms with Crippen LogP contribution in [0.2, 0.25) is 0 Å². The molecule has 2 aliphatic carbocycles. The summed E-state index contributed by atoms with van der Waals surface area (Å²) in [6.07, 6.45) is 8.75. The van der Waals surface area contributed by atoms with Gasteiger partial charge in [0.15, 0.2) is 0 Å². The van der Waals surface area contributed by atoms with Gasteiger partial charge in [-0.25, -0.2) is 0 Å². The standard InChI is InChI=1S/C14H27N/c1-11(12-7-5-4-6-8-12)15-10-13-9-14(13,2)3/h11-13,15H,4-10H2,1-3H3. The highest BCUT2D eigenvalue weighted by atomic mass is 14.9. The Kier molecular flexibility index (Phi) is 3.39. The van der Waals surface area contributed by atoms with E-state index in [0.717, 1.165) is 17.9 Å². The van der Waals surface area contributed by atoms with Crippen molar-refractivity contribution in [1.82, 2.24) is 5.32 Å². The van der Waals surface area contributed by atoms with E-state index in [1.54, 1.807) is 0 Å². The molecule has 1 nitrogen and oxygen atoms in total. The lowest BCUT2D eigenvalue weighted by Crippen LogP contribution is -2.36. The van der Waals surface area contributed by atoms with Crippen LogP contribution in [0.15, 0.2) is 0 Å². The Hall–Kier alpha value is -0.0400. The molecule has 2 saturated carbocycles. The second-order valence-corrected chi connectivity index (χ2v) is 6.48. The van der Waals surface area contributed by atoms with Crippen molar-refractivity contribution in [1.29, 1.82) is 0 Å².